The van der Waals surface area contributed by atoms with Crippen LogP contribution in [0, 0.1) is 0 Å². The van der Waals surface area contributed by atoms with Crippen molar-refractivity contribution in [2.45, 2.75) is 19.3 Å². The van der Waals surface area contributed by atoms with E-state index in [2.05, 4.69) is 66.1 Å². The SMILES string of the molecule is C[C@@H](CNC(=S)NCCc1ccccc1)c1ccccc1. The smallest absolute Gasteiger partial charge is 0.166 e. The fraction of sp³-hybridized carbons (Fsp3) is 0.278. The largest absolute Gasteiger partial charge is 0.362 e. The summed E-state index contributed by atoms with van der Waals surface area (Å²) in [7, 11) is 0. The summed E-state index contributed by atoms with van der Waals surface area (Å²) in [6.07, 6.45) is 0.983. The molecule has 0 fully saturated rings. The first-order chi connectivity index (χ1) is 10.3. The summed E-state index contributed by atoms with van der Waals surface area (Å²) in [5.74, 6) is 0.445. The predicted octanol–water partition coefficient (Wildman–Crippen LogP) is 3.50. The van der Waals surface area contributed by atoms with E-state index in [4.69, 9.17) is 12.2 Å². The first kappa shape index (κ1) is 15.5. The molecule has 0 spiro atoms. The first-order valence-electron chi connectivity index (χ1n) is 7.36. The maximum absolute atomic E-state index is 5.32. The Morgan fingerprint density at radius 2 is 1.57 bits per heavy atom. The fourth-order valence-electron chi connectivity index (χ4n) is 2.17. The molecule has 0 unspecified atom stereocenters. The maximum Gasteiger partial charge on any atom is 0.166 e. The van der Waals surface area contributed by atoms with Gasteiger partial charge in [-0.15, -0.1) is 0 Å². The van der Waals surface area contributed by atoms with Crippen LogP contribution in [0.2, 0.25) is 0 Å². The van der Waals surface area contributed by atoms with Gasteiger partial charge in [-0.25, -0.2) is 0 Å². The highest BCUT2D eigenvalue weighted by Crippen LogP contribution is 2.12. The number of nitrogens with one attached hydrogen (secondary N) is 2. The van der Waals surface area contributed by atoms with Crippen LogP contribution in [0.5, 0.6) is 0 Å². The first-order valence-corrected chi connectivity index (χ1v) is 7.77. The third kappa shape index (κ3) is 5.56. The molecule has 2 nitrogen and oxygen atoms in total. The molecule has 0 bridgehead atoms. The van der Waals surface area contributed by atoms with Gasteiger partial charge in [-0.3, -0.25) is 0 Å². The zero-order valence-electron chi connectivity index (χ0n) is 12.4. The minimum atomic E-state index is 0.445. The van der Waals surface area contributed by atoms with E-state index in [1.807, 2.05) is 12.1 Å². The van der Waals surface area contributed by atoms with E-state index < -0.39 is 0 Å². The topological polar surface area (TPSA) is 24.1 Å². The molecule has 0 aromatic heterocycles. The Kier molecular flexibility index (Phi) is 6.22. The summed E-state index contributed by atoms with van der Waals surface area (Å²) in [4.78, 5) is 0. The Morgan fingerprint density at radius 3 is 2.24 bits per heavy atom. The average Bonchev–Trinajstić information content (AvgIpc) is 2.54. The van der Waals surface area contributed by atoms with Crippen molar-refractivity contribution in [2.75, 3.05) is 13.1 Å². The summed E-state index contributed by atoms with van der Waals surface area (Å²) >= 11 is 5.32. The third-order valence-electron chi connectivity index (χ3n) is 3.48. The van der Waals surface area contributed by atoms with Crippen molar-refractivity contribution in [1.82, 2.24) is 10.6 Å². The molecule has 1 atom stereocenters. The number of hydrogen-bond donors (Lipinski definition) is 2. The van der Waals surface area contributed by atoms with Gasteiger partial charge in [-0.05, 0) is 35.7 Å². The van der Waals surface area contributed by atoms with Gasteiger partial charge in [0, 0.05) is 13.1 Å². The summed E-state index contributed by atoms with van der Waals surface area (Å²) in [5, 5.41) is 7.28. The molecule has 0 saturated heterocycles. The molecule has 0 aliphatic heterocycles. The van der Waals surface area contributed by atoms with Crippen LogP contribution in [0.25, 0.3) is 0 Å². The van der Waals surface area contributed by atoms with E-state index in [1.54, 1.807) is 0 Å². The lowest BCUT2D eigenvalue weighted by atomic mass is 10.0. The van der Waals surface area contributed by atoms with Gasteiger partial charge in [0.2, 0.25) is 0 Å². The van der Waals surface area contributed by atoms with Gasteiger partial charge in [0.05, 0.1) is 0 Å². The van der Waals surface area contributed by atoms with Gasteiger partial charge in [-0.2, -0.15) is 0 Å². The second-order valence-electron chi connectivity index (χ2n) is 5.18. The Hall–Kier alpha value is -1.87. The van der Waals surface area contributed by atoms with Crippen LogP contribution in [0.1, 0.15) is 24.0 Å². The van der Waals surface area contributed by atoms with E-state index in [9.17, 15) is 0 Å². The van der Waals surface area contributed by atoms with Gasteiger partial charge in [0.15, 0.2) is 5.11 Å². The van der Waals surface area contributed by atoms with Gasteiger partial charge in [0.1, 0.15) is 0 Å². The normalized spacial score (nSPS) is 11.7. The standard InChI is InChI=1S/C18H22N2S/c1-15(17-10-6-3-7-11-17)14-20-18(21)19-13-12-16-8-4-2-5-9-16/h2-11,15H,12-14H2,1H3,(H2,19,20,21)/t15-/m0/s1. The third-order valence-corrected chi connectivity index (χ3v) is 3.77. The lowest BCUT2D eigenvalue weighted by molar-refractivity contribution is 0.706. The Balaban J connectivity index is 1.66. The van der Waals surface area contributed by atoms with E-state index in [0.717, 1.165) is 24.6 Å². The van der Waals surface area contributed by atoms with E-state index in [-0.39, 0.29) is 0 Å². The quantitative estimate of drug-likeness (QED) is 0.798. The molecule has 3 heteroatoms. The second kappa shape index (κ2) is 8.42. The van der Waals surface area contributed by atoms with Crippen LogP contribution in [0.4, 0.5) is 0 Å². The van der Waals surface area contributed by atoms with Crippen molar-refractivity contribution in [2.24, 2.45) is 0 Å². The summed E-state index contributed by atoms with van der Waals surface area (Å²) in [6, 6.07) is 20.9. The van der Waals surface area contributed by atoms with Crippen molar-refractivity contribution < 1.29 is 0 Å². The van der Waals surface area contributed by atoms with Gasteiger partial charge in [0.25, 0.3) is 0 Å². The van der Waals surface area contributed by atoms with E-state index >= 15 is 0 Å². The number of thiocarbonyl (C=S) groups is 1. The minimum Gasteiger partial charge on any atom is -0.362 e. The van der Waals surface area contributed by atoms with Crippen molar-refractivity contribution >= 4 is 17.3 Å². The highest BCUT2D eigenvalue weighted by atomic mass is 32.1. The molecular weight excluding hydrogens is 276 g/mol. The minimum absolute atomic E-state index is 0.445. The van der Waals surface area contributed by atoms with E-state index in [0.29, 0.717) is 5.92 Å². The van der Waals surface area contributed by atoms with Crippen molar-refractivity contribution in [3.8, 4) is 0 Å². The predicted molar refractivity (Wildman–Crippen MR) is 93.6 cm³/mol. The molecule has 2 aromatic carbocycles. The van der Waals surface area contributed by atoms with Crippen molar-refractivity contribution in [1.29, 1.82) is 0 Å². The molecule has 110 valence electrons. The number of rotatable bonds is 6. The van der Waals surface area contributed by atoms with Crippen molar-refractivity contribution in [3.05, 3.63) is 71.8 Å². The molecule has 0 amide bonds. The zero-order valence-corrected chi connectivity index (χ0v) is 13.2. The molecule has 2 rings (SSSR count). The van der Waals surface area contributed by atoms with Crippen LogP contribution in [-0.2, 0) is 6.42 Å². The Morgan fingerprint density at radius 1 is 0.952 bits per heavy atom. The molecule has 0 aliphatic carbocycles. The Labute approximate surface area is 132 Å². The van der Waals surface area contributed by atoms with Gasteiger partial charge >= 0.3 is 0 Å². The van der Waals surface area contributed by atoms with Crippen LogP contribution in [0.15, 0.2) is 60.7 Å². The van der Waals surface area contributed by atoms with Gasteiger partial charge < -0.3 is 10.6 Å². The Bertz CT molecular complexity index is 540. The summed E-state index contributed by atoms with van der Waals surface area (Å²) in [6.45, 7) is 3.91. The molecule has 0 saturated carbocycles. The zero-order chi connectivity index (χ0) is 14.9. The van der Waals surface area contributed by atoms with Crippen LogP contribution in [-0.4, -0.2) is 18.2 Å². The molecule has 2 aromatic rings. The molecule has 21 heavy (non-hydrogen) atoms. The lowest BCUT2D eigenvalue weighted by Crippen LogP contribution is -2.38. The average molecular weight is 298 g/mol. The lowest BCUT2D eigenvalue weighted by Gasteiger charge is -2.15. The maximum atomic E-state index is 5.32. The highest BCUT2D eigenvalue weighted by Gasteiger charge is 2.05. The summed E-state index contributed by atoms with van der Waals surface area (Å²) < 4.78 is 0. The molecule has 0 radical (unpaired) electrons. The molecule has 0 aliphatic rings. The summed E-state index contributed by atoms with van der Waals surface area (Å²) in [5.41, 5.74) is 2.66. The van der Waals surface area contributed by atoms with Crippen LogP contribution >= 0.6 is 12.2 Å². The number of benzene rings is 2. The van der Waals surface area contributed by atoms with Crippen LogP contribution in [0.3, 0.4) is 0 Å². The molecule has 0 heterocycles. The monoisotopic (exact) mass is 298 g/mol. The fourth-order valence-corrected chi connectivity index (χ4v) is 2.36. The van der Waals surface area contributed by atoms with Crippen molar-refractivity contribution in [3.63, 3.8) is 0 Å². The molecular formula is C18H22N2S. The number of hydrogen-bond acceptors (Lipinski definition) is 1. The second-order valence-corrected chi connectivity index (χ2v) is 5.59. The highest BCUT2D eigenvalue weighted by molar-refractivity contribution is 7.80. The van der Waals surface area contributed by atoms with E-state index in [1.165, 1.54) is 11.1 Å². The molecule has 2 N–H and O–H groups in total. The van der Waals surface area contributed by atoms with Gasteiger partial charge in [-0.1, -0.05) is 67.6 Å². The van der Waals surface area contributed by atoms with Crippen LogP contribution < -0.4 is 10.6 Å².